The van der Waals surface area contributed by atoms with Gasteiger partial charge in [-0.2, -0.15) is 0 Å². The monoisotopic (exact) mass is 456 g/mol. The fraction of sp³-hybridized carbons (Fsp3) is 0.929. The van der Waals surface area contributed by atoms with Crippen LogP contribution in [-0.4, -0.2) is 32.4 Å². The van der Waals surface area contributed by atoms with Crippen LogP contribution in [0, 0.1) is 5.92 Å². The van der Waals surface area contributed by atoms with Crippen LogP contribution in [0.25, 0.3) is 0 Å². The second-order valence-electron chi connectivity index (χ2n) is 8.95. The average molecular weight is 457 g/mol. The molecule has 4 nitrogen and oxygen atoms in total. The molecule has 0 aromatic rings. The predicted molar refractivity (Wildman–Crippen MR) is 137 cm³/mol. The number of hydrogen-bond donors (Lipinski definition) is 0. The van der Waals surface area contributed by atoms with Gasteiger partial charge in [0.2, 0.25) is 0 Å². The lowest BCUT2D eigenvalue weighted by atomic mass is 9.92. The van der Waals surface area contributed by atoms with Crippen LogP contribution in [0.5, 0.6) is 0 Å². The smallest absolute Gasteiger partial charge is 0.285 e. The first-order valence-electron chi connectivity index (χ1n) is 13.8. The predicted octanol–water partition coefficient (Wildman–Crippen LogP) is 8.79. The summed E-state index contributed by atoms with van der Waals surface area (Å²) in [6, 6.07) is 0. The molecule has 0 fully saturated rings. The van der Waals surface area contributed by atoms with Gasteiger partial charge in [0.25, 0.3) is 5.97 Å². The van der Waals surface area contributed by atoms with Crippen molar-refractivity contribution in [2.24, 2.45) is 5.92 Å². The summed E-state index contributed by atoms with van der Waals surface area (Å²) in [5, 5.41) is 0. The first kappa shape index (κ1) is 31.4. The lowest BCUT2D eigenvalue weighted by Gasteiger charge is -2.40. The highest BCUT2D eigenvalue weighted by Gasteiger charge is 2.42. The van der Waals surface area contributed by atoms with Crippen LogP contribution in [0.15, 0.2) is 12.3 Å². The van der Waals surface area contributed by atoms with Gasteiger partial charge in [-0.05, 0) is 45.4 Å². The highest BCUT2D eigenvalue weighted by molar-refractivity contribution is 4.74. The van der Waals surface area contributed by atoms with Crippen LogP contribution in [0.4, 0.5) is 0 Å². The van der Waals surface area contributed by atoms with Crippen molar-refractivity contribution in [1.82, 2.24) is 0 Å². The Morgan fingerprint density at radius 2 is 1.03 bits per heavy atom. The fourth-order valence-electron chi connectivity index (χ4n) is 3.80. The summed E-state index contributed by atoms with van der Waals surface area (Å²) in [6.45, 7) is 13.7. The van der Waals surface area contributed by atoms with E-state index in [9.17, 15) is 0 Å². The SMILES string of the molecule is CC=COCCCC(CCCCCCCC)C(OCCCC)(OCCCC)OCCCC. The molecule has 0 N–H and O–H groups in total. The van der Waals surface area contributed by atoms with Gasteiger partial charge in [0.15, 0.2) is 0 Å². The van der Waals surface area contributed by atoms with E-state index in [-0.39, 0.29) is 5.92 Å². The molecule has 0 heterocycles. The Bertz CT molecular complexity index is 370. The highest BCUT2D eigenvalue weighted by Crippen LogP contribution is 2.35. The van der Waals surface area contributed by atoms with E-state index in [1.165, 1.54) is 38.5 Å². The molecular formula is C28H56O4. The molecule has 0 bridgehead atoms. The fourth-order valence-corrected chi connectivity index (χ4v) is 3.80. The highest BCUT2D eigenvalue weighted by atomic mass is 16.9. The maximum Gasteiger partial charge on any atom is 0.285 e. The Morgan fingerprint density at radius 3 is 1.53 bits per heavy atom. The molecule has 1 atom stereocenters. The zero-order chi connectivity index (χ0) is 23.8. The maximum absolute atomic E-state index is 6.50. The van der Waals surface area contributed by atoms with Crippen LogP contribution in [0.2, 0.25) is 0 Å². The summed E-state index contributed by atoms with van der Waals surface area (Å²) in [6.07, 6.45) is 21.0. The van der Waals surface area contributed by atoms with E-state index < -0.39 is 5.97 Å². The lowest BCUT2D eigenvalue weighted by Crippen LogP contribution is -2.47. The summed E-state index contributed by atoms with van der Waals surface area (Å²) in [4.78, 5) is 0. The zero-order valence-corrected chi connectivity index (χ0v) is 22.3. The van der Waals surface area contributed by atoms with Crippen molar-refractivity contribution >= 4 is 0 Å². The minimum Gasteiger partial charge on any atom is -0.502 e. The van der Waals surface area contributed by atoms with Gasteiger partial charge in [0, 0.05) is 5.92 Å². The standard InChI is InChI=1S/C28H56O4/c1-6-11-15-16-17-18-20-27(21-19-23-29-22-10-5)28(30-24-12-7-2,31-25-13-8-3)32-26-14-9-4/h10,22,27H,6-9,11-21,23-26H2,1-5H3. The molecule has 0 aliphatic carbocycles. The van der Waals surface area contributed by atoms with Gasteiger partial charge < -0.3 is 18.9 Å². The van der Waals surface area contributed by atoms with E-state index in [0.717, 1.165) is 64.4 Å². The summed E-state index contributed by atoms with van der Waals surface area (Å²) >= 11 is 0. The molecule has 192 valence electrons. The summed E-state index contributed by atoms with van der Waals surface area (Å²) < 4.78 is 25.1. The van der Waals surface area contributed by atoms with Crippen molar-refractivity contribution in [3.63, 3.8) is 0 Å². The van der Waals surface area contributed by atoms with Gasteiger partial charge in [-0.1, -0.05) is 91.6 Å². The summed E-state index contributed by atoms with van der Waals surface area (Å²) in [7, 11) is 0. The topological polar surface area (TPSA) is 36.9 Å². The van der Waals surface area contributed by atoms with E-state index >= 15 is 0 Å². The Balaban J connectivity index is 5.33. The molecule has 0 aliphatic rings. The van der Waals surface area contributed by atoms with Crippen molar-refractivity contribution < 1.29 is 18.9 Å². The van der Waals surface area contributed by atoms with Crippen LogP contribution < -0.4 is 0 Å². The van der Waals surface area contributed by atoms with Gasteiger partial charge in [-0.3, -0.25) is 0 Å². The van der Waals surface area contributed by atoms with E-state index in [0.29, 0.717) is 19.8 Å². The molecule has 0 amide bonds. The van der Waals surface area contributed by atoms with Gasteiger partial charge >= 0.3 is 0 Å². The summed E-state index contributed by atoms with van der Waals surface area (Å²) in [5.74, 6) is -0.683. The molecular weight excluding hydrogens is 400 g/mol. The number of ether oxygens (including phenoxy) is 4. The third-order valence-corrected chi connectivity index (χ3v) is 5.86. The van der Waals surface area contributed by atoms with Crippen LogP contribution in [-0.2, 0) is 18.9 Å². The number of rotatable bonds is 25. The van der Waals surface area contributed by atoms with Crippen molar-refractivity contribution in [1.29, 1.82) is 0 Å². The Kier molecular flexibility index (Phi) is 23.1. The minimum absolute atomic E-state index is 0.230. The average Bonchev–Trinajstić information content (AvgIpc) is 2.80. The van der Waals surface area contributed by atoms with Gasteiger partial charge in [0.1, 0.15) is 0 Å². The van der Waals surface area contributed by atoms with Crippen LogP contribution in [0.3, 0.4) is 0 Å². The third kappa shape index (κ3) is 16.1. The van der Waals surface area contributed by atoms with Gasteiger partial charge in [-0.25, -0.2) is 0 Å². The molecule has 0 aromatic carbocycles. The second kappa shape index (κ2) is 23.6. The lowest BCUT2D eigenvalue weighted by molar-refractivity contribution is -0.407. The normalized spacial score (nSPS) is 13.2. The minimum atomic E-state index is -0.913. The Hall–Kier alpha value is -0.580. The first-order chi connectivity index (χ1) is 15.7. The summed E-state index contributed by atoms with van der Waals surface area (Å²) in [5.41, 5.74) is 0. The molecule has 0 saturated heterocycles. The largest absolute Gasteiger partial charge is 0.502 e. The van der Waals surface area contributed by atoms with E-state index in [1.807, 2.05) is 13.0 Å². The van der Waals surface area contributed by atoms with E-state index in [2.05, 4.69) is 27.7 Å². The van der Waals surface area contributed by atoms with Crippen molar-refractivity contribution in [2.45, 2.75) is 137 Å². The van der Waals surface area contributed by atoms with E-state index in [4.69, 9.17) is 18.9 Å². The van der Waals surface area contributed by atoms with Gasteiger partial charge in [0.05, 0.1) is 32.7 Å². The van der Waals surface area contributed by atoms with Crippen molar-refractivity contribution in [2.75, 3.05) is 26.4 Å². The molecule has 0 radical (unpaired) electrons. The molecule has 0 aromatic heterocycles. The van der Waals surface area contributed by atoms with Gasteiger partial charge in [-0.15, -0.1) is 0 Å². The van der Waals surface area contributed by atoms with E-state index in [1.54, 1.807) is 6.26 Å². The molecule has 32 heavy (non-hydrogen) atoms. The molecule has 1 unspecified atom stereocenters. The maximum atomic E-state index is 6.50. The first-order valence-corrected chi connectivity index (χ1v) is 13.8. The molecule has 4 heteroatoms. The van der Waals surface area contributed by atoms with Crippen LogP contribution in [0.1, 0.15) is 131 Å². The zero-order valence-electron chi connectivity index (χ0n) is 22.3. The molecule has 0 aliphatic heterocycles. The molecule has 0 saturated carbocycles. The molecule has 0 rings (SSSR count). The number of hydrogen-bond acceptors (Lipinski definition) is 4. The van der Waals surface area contributed by atoms with Crippen molar-refractivity contribution in [3.8, 4) is 0 Å². The Labute approximate surface area is 200 Å². The second-order valence-corrected chi connectivity index (χ2v) is 8.95. The quantitative estimate of drug-likeness (QED) is 0.0781. The van der Waals surface area contributed by atoms with Crippen molar-refractivity contribution in [3.05, 3.63) is 12.3 Å². The Morgan fingerprint density at radius 1 is 0.562 bits per heavy atom. The third-order valence-electron chi connectivity index (χ3n) is 5.86. The van der Waals surface area contributed by atoms with Crippen LogP contribution >= 0.6 is 0 Å². The number of allylic oxidation sites excluding steroid dienone is 1. The number of unbranched alkanes of at least 4 members (excludes halogenated alkanes) is 8. The molecule has 0 spiro atoms.